The van der Waals surface area contributed by atoms with Crippen LogP contribution in [-0.4, -0.2) is 25.3 Å². The fourth-order valence-corrected chi connectivity index (χ4v) is 4.09. The standard InChI is InChI=1S/C12H15F2NO2S/c1-9-5-2-3-8-15(9)18(16,17)12-10(13)6-4-7-11(12)14/h4,6-7,9H,2-3,5,8H2,1H3/t9-/m1/s1. The molecule has 1 heterocycles. The molecule has 1 fully saturated rings. The molecule has 2 rings (SSSR count). The summed E-state index contributed by atoms with van der Waals surface area (Å²) in [6.45, 7) is 2.08. The summed E-state index contributed by atoms with van der Waals surface area (Å²) in [6.07, 6.45) is 2.38. The molecule has 0 spiro atoms. The minimum absolute atomic E-state index is 0.220. The smallest absolute Gasteiger partial charge is 0.207 e. The molecule has 1 aliphatic heterocycles. The Balaban J connectivity index is 2.48. The average molecular weight is 275 g/mol. The minimum atomic E-state index is -4.09. The van der Waals surface area contributed by atoms with E-state index in [9.17, 15) is 17.2 Å². The van der Waals surface area contributed by atoms with Gasteiger partial charge in [0.1, 0.15) is 11.6 Å². The molecule has 0 bridgehead atoms. The van der Waals surface area contributed by atoms with Crippen molar-refractivity contribution in [1.29, 1.82) is 0 Å². The van der Waals surface area contributed by atoms with E-state index >= 15 is 0 Å². The number of nitrogens with zero attached hydrogens (tertiary/aromatic N) is 1. The third-order valence-corrected chi connectivity index (χ3v) is 5.29. The molecular formula is C12H15F2NO2S. The number of rotatable bonds is 2. The first-order chi connectivity index (χ1) is 8.44. The Kier molecular flexibility index (Phi) is 3.68. The Morgan fingerprint density at radius 1 is 1.22 bits per heavy atom. The number of halogens is 2. The lowest BCUT2D eigenvalue weighted by atomic mass is 10.1. The van der Waals surface area contributed by atoms with Gasteiger partial charge in [0, 0.05) is 12.6 Å². The van der Waals surface area contributed by atoms with Crippen molar-refractivity contribution in [3.05, 3.63) is 29.8 Å². The number of hydrogen-bond donors (Lipinski definition) is 0. The van der Waals surface area contributed by atoms with E-state index in [1.807, 2.05) is 0 Å². The van der Waals surface area contributed by atoms with Gasteiger partial charge in [-0.05, 0) is 31.9 Å². The van der Waals surface area contributed by atoms with E-state index < -0.39 is 26.6 Å². The third kappa shape index (κ3) is 2.27. The van der Waals surface area contributed by atoms with Crippen LogP contribution in [0.5, 0.6) is 0 Å². The highest BCUT2D eigenvalue weighted by Crippen LogP contribution is 2.28. The molecule has 1 aliphatic rings. The van der Waals surface area contributed by atoms with Gasteiger partial charge >= 0.3 is 0 Å². The van der Waals surface area contributed by atoms with Crippen molar-refractivity contribution in [2.24, 2.45) is 0 Å². The lowest BCUT2D eigenvalue weighted by Gasteiger charge is -2.32. The van der Waals surface area contributed by atoms with Gasteiger partial charge in [0.2, 0.25) is 10.0 Å². The summed E-state index contributed by atoms with van der Waals surface area (Å²) in [7, 11) is -4.09. The van der Waals surface area contributed by atoms with Crippen molar-refractivity contribution in [2.75, 3.05) is 6.54 Å². The number of sulfonamides is 1. The van der Waals surface area contributed by atoms with Gasteiger partial charge in [0.05, 0.1) is 0 Å². The van der Waals surface area contributed by atoms with E-state index in [0.717, 1.165) is 37.5 Å². The molecule has 0 amide bonds. The van der Waals surface area contributed by atoms with Crippen LogP contribution >= 0.6 is 0 Å². The summed E-state index contributed by atoms with van der Waals surface area (Å²) in [5, 5.41) is 0. The first kappa shape index (κ1) is 13.4. The molecule has 1 atom stereocenters. The first-order valence-corrected chi connectivity index (χ1v) is 7.34. The molecule has 0 saturated carbocycles. The van der Waals surface area contributed by atoms with Crippen molar-refractivity contribution in [1.82, 2.24) is 4.31 Å². The Labute approximate surface area is 105 Å². The predicted molar refractivity (Wildman–Crippen MR) is 63.6 cm³/mol. The lowest BCUT2D eigenvalue weighted by Crippen LogP contribution is -2.42. The van der Waals surface area contributed by atoms with Crippen LogP contribution in [0.3, 0.4) is 0 Å². The molecule has 0 N–H and O–H groups in total. The number of hydrogen-bond acceptors (Lipinski definition) is 2. The van der Waals surface area contributed by atoms with Gasteiger partial charge in [-0.2, -0.15) is 4.31 Å². The average Bonchev–Trinajstić information content (AvgIpc) is 2.28. The van der Waals surface area contributed by atoms with Gasteiger partial charge in [-0.1, -0.05) is 12.5 Å². The fourth-order valence-electron chi connectivity index (χ4n) is 2.28. The van der Waals surface area contributed by atoms with Gasteiger partial charge in [0.15, 0.2) is 4.90 Å². The molecule has 100 valence electrons. The Bertz CT molecular complexity index is 525. The van der Waals surface area contributed by atoms with Crippen molar-refractivity contribution < 1.29 is 17.2 Å². The summed E-state index contributed by atoms with van der Waals surface area (Å²) in [5.41, 5.74) is 0. The van der Waals surface area contributed by atoms with Gasteiger partial charge in [-0.25, -0.2) is 17.2 Å². The van der Waals surface area contributed by atoms with Crippen LogP contribution in [0, 0.1) is 11.6 Å². The summed E-state index contributed by atoms with van der Waals surface area (Å²) in [4.78, 5) is -0.834. The Morgan fingerprint density at radius 3 is 2.39 bits per heavy atom. The number of benzene rings is 1. The molecule has 1 aromatic rings. The van der Waals surface area contributed by atoms with Crippen molar-refractivity contribution in [2.45, 2.75) is 37.1 Å². The van der Waals surface area contributed by atoms with Crippen LogP contribution in [-0.2, 0) is 10.0 Å². The van der Waals surface area contributed by atoms with Crippen LogP contribution in [0.1, 0.15) is 26.2 Å². The molecule has 3 nitrogen and oxygen atoms in total. The van der Waals surface area contributed by atoms with Crippen molar-refractivity contribution in [3.63, 3.8) is 0 Å². The molecule has 0 aromatic heterocycles. The van der Waals surface area contributed by atoms with Crippen LogP contribution in [0.4, 0.5) is 8.78 Å². The molecule has 0 unspecified atom stereocenters. The normalized spacial score (nSPS) is 22.1. The summed E-state index contributed by atoms with van der Waals surface area (Å²) in [5.74, 6) is -2.07. The number of piperidine rings is 1. The fraction of sp³-hybridized carbons (Fsp3) is 0.500. The van der Waals surface area contributed by atoms with E-state index in [0.29, 0.717) is 6.54 Å². The Hall–Kier alpha value is -1.01. The van der Waals surface area contributed by atoms with E-state index in [2.05, 4.69) is 0 Å². The molecule has 6 heteroatoms. The molecular weight excluding hydrogens is 260 g/mol. The zero-order chi connectivity index (χ0) is 13.3. The van der Waals surface area contributed by atoms with Crippen LogP contribution in [0.2, 0.25) is 0 Å². The highest BCUT2D eigenvalue weighted by molar-refractivity contribution is 7.89. The van der Waals surface area contributed by atoms with Gasteiger partial charge < -0.3 is 0 Å². The Morgan fingerprint density at radius 2 is 1.83 bits per heavy atom. The lowest BCUT2D eigenvalue weighted by molar-refractivity contribution is 0.267. The first-order valence-electron chi connectivity index (χ1n) is 5.90. The molecule has 0 aliphatic carbocycles. The largest absolute Gasteiger partial charge is 0.249 e. The monoisotopic (exact) mass is 275 g/mol. The van der Waals surface area contributed by atoms with E-state index in [1.165, 1.54) is 4.31 Å². The van der Waals surface area contributed by atoms with Crippen molar-refractivity contribution in [3.8, 4) is 0 Å². The molecule has 1 saturated heterocycles. The van der Waals surface area contributed by atoms with E-state index in [4.69, 9.17) is 0 Å². The van der Waals surface area contributed by atoms with Gasteiger partial charge in [0.25, 0.3) is 0 Å². The highest BCUT2D eigenvalue weighted by atomic mass is 32.2. The third-order valence-electron chi connectivity index (χ3n) is 3.23. The summed E-state index contributed by atoms with van der Waals surface area (Å²) in [6, 6.07) is 2.86. The molecule has 0 radical (unpaired) electrons. The second-order valence-electron chi connectivity index (χ2n) is 4.51. The maximum atomic E-state index is 13.6. The summed E-state index contributed by atoms with van der Waals surface area (Å²) >= 11 is 0. The second-order valence-corrected chi connectivity index (χ2v) is 6.34. The summed E-state index contributed by atoms with van der Waals surface area (Å²) < 4.78 is 52.9. The zero-order valence-corrected chi connectivity index (χ0v) is 10.9. The van der Waals surface area contributed by atoms with E-state index in [-0.39, 0.29) is 6.04 Å². The van der Waals surface area contributed by atoms with Crippen LogP contribution < -0.4 is 0 Å². The maximum Gasteiger partial charge on any atom is 0.249 e. The topological polar surface area (TPSA) is 37.4 Å². The SMILES string of the molecule is C[C@@H]1CCCCN1S(=O)(=O)c1c(F)cccc1F. The van der Waals surface area contributed by atoms with E-state index in [1.54, 1.807) is 6.92 Å². The van der Waals surface area contributed by atoms with Crippen molar-refractivity contribution >= 4 is 10.0 Å². The van der Waals surface area contributed by atoms with Gasteiger partial charge in [-0.15, -0.1) is 0 Å². The van der Waals surface area contributed by atoms with Crippen LogP contribution in [0.25, 0.3) is 0 Å². The maximum absolute atomic E-state index is 13.6. The second kappa shape index (κ2) is 4.93. The highest BCUT2D eigenvalue weighted by Gasteiger charge is 2.34. The van der Waals surface area contributed by atoms with Crippen LogP contribution in [0.15, 0.2) is 23.1 Å². The zero-order valence-electron chi connectivity index (χ0n) is 10.1. The predicted octanol–water partition coefficient (Wildman–Crippen LogP) is 2.53. The minimum Gasteiger partial charge on any atom is -0.207 e. The molecule has 1 aromatic carbocycles. The quantitative estimate of drug-likeness (QED) is 0.831. The molecule has 18 heavy (non-hydrogen) atoms. The van der Waals surface area contributed by atoms with Gasteiger partial charge in [-0.3, -0.25) is 0 Å².